The topological polar surface area (TPSA) is 103 Å². The van der Waals surface area contributed by atoms with Crippen molar-refractivity contribution in [2.45, 2.75) is 12.5 Å². The minimum absolute atomic E-state index is 0.0619. The second kappa shape index (κ2) is 5.31. The monoisotopic (exact) mass is 260 g/mol. The summed E-state index contributed by atoms with van der Waals surface area (Å²) >= 11 is 5.85. The number of aliphatic hydroxyl groups is 2. The van der Waals surface area contributed by atoms with Crippen molar-refractivity contribution in [2.75, 3.05) is 18.5 Å². The lowest BCUT2D eigenvalue weighted by Crippen LogP contribution is -2.42. The standard InChI is InChI=1S/C10H13ClN2O4/c1-10(4-14,5-15)13-8-7(11)6(9(16)17)2-3-12-8/h2-3,14-15H,4-5H2,1H3,(H,12,13)(H,16,17). The van der Waals surface area contributed by atoms with Gasteiger partial charge in [-0.15, -0.1) is 0 Å². The SMILES string of the molecule is CC(CO)(CO)Nc1nccc(C(=O)O)c1Cl. The van der Waals surface area contributed by atoms with Gasteiger partial charge in [0.05, 0.1) is 29.3 Å². The summed E-state index contributed by atoms with van der Waals surface area (Å²) in [6.07, 6.45) is 1.28. The van der Waals surface area contributed by atoms with Crippen LogP contribution in [0, 0.1) is 0 Å². The summed E-state index contributed by atoms with van der Waals surface area (Å²) in [6, 6.07) is 1.27. The number of hydrogen-bond donors (Lipinski definition) is 4. The number of nitrogens with one attached hydrogen (secondary N) is 1. The van der Waals surface area contributed by atoms with E-state index >= 15 is 0 Å². The third kappa shape index (κ3) is 3.06. The average Bonchev–Trinajstić information content (AvgIpc) is 2.31. The number of carboxylic acids is 1. The second-order valence-corrected chi connectivity index (χ2v) is 4.21. The quantitative estimate of drug-likeness (QED) is 0.618. The lowest BCUT2D eigenvalue weighted by molar-refractivity contribution is 0.0697. The summed E-state index contributed by atoms with van der Waals surface area (Å²) in [7, 11) is 0. The van der Waals surface area contributed by atoms with Crippen molar-refractivity contribution in [1.29, 1.82) is 0 Å². The fraction of sp³-hybridized carbons (Fsp3) is 0.400. The summed E-state index contributed by atoms with van der Waals surface area (Å²) in [5, 5.41) is 29.7. The first kappa shape index (κ1) is 13.7. The Hall–Kier alpha value is -1.37. The Bertz CT molecular complexity index is 421. The molecule has 0 aliphatic heterocycles. The van der Waals surface area contributed by atoms with Gasteiger partial charge < -0.3 is 20.6 Å². The molecule has 0 amide bonds. The number of carbonyl (C=O) groups is 1. The third-order valence-corrected chi connectivity index (χ3v) is 2.62. The van der Waals surface area contributed by atoms with Gasteiger partial charge in [0, 0.05) is 6.20 Å². The van der Waals surface area contributed by atoms with E-state index in [1.807, 2.05) is 0 Å². The molecule has 0 spiro atoms. The van der Waals surface area contributed by atoms with E-state index < -0.39 is 11.5 Å². The minimum atomic E-state index is -1.17. The number of rotatable bonds is 5. The second-order valence-electron chi connectivity index (χ2n) is 3.83. The molecule has 0 aliphatic rings. The predicted molar refractivity (Wildman–Crippen MR) is 62.4 cm³/mol. The first-order valence-corrected chi connectivity index (χ1v) is 5.19. The number of nitrogens with zero attached hydrogens (tertiary/aromatic N) is 1. The zero-order valence-corrected chi connectivity index (χ0v) is 9.90. The molecule has 94 valence electrons. The number of anilines is 1. The zero-order chi connectivity index (χ0) is 13.1. The van der Waals surface area contributed by atoms with Crippen molar-refractivity contribution >= 4 is 23.4 Å². The van der Waals surface area contributed by atoms with Crippen LogP contribution < -0.4 is 5.32 Å². The Morgan fingerprint density at radius 3 is 2.59 bits per heavy atom. The molecule has 1 rings (SSSR count). The molecule has 0 saturated carbocycles. The highest BCUT2D eigenvalue weighted by Gasteiger charge is 2.24. The third-order valence-electron chi connectivity index (χ3n) is 2.24. The van der Waals surface area contributed by atoms with Crippen LogP contribution in [0.2, 0.25) is 5.02 Å². The first-order chi connectivity index (χ1) is 7.93. The molecular weight excluding hydrogens is 248 g/mol. The van der Waals surface area contributed by atoms with Gasteiger partial charge in [0.2, 0.25) is 0 Å². The molecule has 1 aromatic heterocycles. The number of hydrogen-bond acceptors (Lipinski definition) is 5. The lowest BCUT2D eigenvalue weighted by atomic mass is 10.1. The fourth-order valence-electron chi connectivity index (χ4n) is 1.11. The van der Waals surface area contributed by atoms with Crippen molar-refractivity contribution in [3.05, 3.63) is 22.8 Å². The number of aromatic nitrogens is 1. The van der Waals surface area contributed by atoms with Gasteiger partial charge in [0.1, 0.15) is 5.82 Å². The van der Waals surface area contributed by atoms with Crippen LogP contribution in [-0.2, 0) is 0 Å². The van der Waals surface area contributed by atoms with Crippen LogP contribution in [0.5, 0.6) is 0 Å². The van der Waals surface area contributed by atoms with Gasteiger partial charge in [0.15, 0.2) is 0 Å². The van der Waals surface area contributed by atoms with Crippen molar-refractivity contribution in [1.82, 2.24) is 4.98 Å². The fourth-order valence-corrected chi connectivity index (χ4v) is 1.35. The van der Waals surface area contributed by atoms with E-state index in [-0.39, 0.29) is 29.6 Å². The lowest BCUT2D eigenvalue weighted by Gasteiger charge is -2.27. The maximum Gasteiger partial charge on any atom is 0.337 e. The normalized spacial score (nSPS) is 11.3. The van der Waals surface area contributed by atoms with E-state index in [2.05, 4.69) is 10.3 Å². The van der Waals surface area contributed by atoms with Gasteiger partial charge in [-0.1, -0.05) is 11.6 Å². The Morgan fingerprint density at radius 1 is 1.53 bits per heavy atom. The van der Waals surface area contributed by atoms with Crippen molar-refractivity contribution in [3.8, 4) is 0 Å². The molecule has 17 heavy (non-hydrogen) atoms. The highest BCUT2D eigenvalue weighted by Crippen LogP contribution is 2.25. The van der Waals surface area contributed by atoms with Crippen LogP contribution in [0.1, 0.15) is 17.3 Å². The van der Waals surface area contributed by atoms with Gasteiger partial charge in [0.25, 0.3) is 0 Å². The molecule has 0 fully saturated rings. The summed E-state index contributed by atoms with van der Waals surface area (Å²) in [4.78, 5) is 14.7. The van der Waals surface area contributed by atoms with Gasteiger partial charge in [-0.25, -0.2) is 9.78 Å². The number of aromatic carboxylic acids is 1. The van der Waals surface area contributed by atoms with Crippen LogP contribution in [0.25, 0.3) is 0 Å². The number of halogens is 1. The zero-order valence-electron chi connectivity index (χ0n) is 9.14. The van der Waals surface area contributed by atoms with Crippen LogP contribution in [-0.4, -0.2) is 45.0 Å². The molecule has 1 heterocycles. The summed E-state index contributed by atoms with van der Waals surface area (Å²) in [5.74, 6) is -1.06. The Morgan fingerprint density at radius 2 is 2.12 bits per heavy atom. The summed E-state index contributed by atoms with van der Waals surface area (Å²) in [5.41, 5.74) is -1.12. The Balaban J connectivity index is 3.08. The molecule has 0 radical (unpaired) electrons. The van der Waals surface area contributed by atoms with Crippen molar-refractivity contribution < 1.29 is 20.1 Å². The maximum absolute atomic E-state index is 10.8. The van der Waals surface area contributed by atoms with Gasteiger partial charge >= 0.3 is 5.97 Å². The van der Waals surface area contributed by atoms with Gasteiger partial charge in [-0.05, 0) is 13.0 Å². The molecule has 7 heteroatoms. The molecule has 1 aromatic rings. The van der Waals surface area contributed by atoms with Gasteiger partial charge in [-0.3, -0.25) is 0 Å². The van der Waals surface area contributed by atoms with Gasteiger partial charge in [-0.2, -0.15) is 0 Å². The van der Waals surface area contributed by atoms with Crippen molar-refractivity contribution in [3.63, 3.8) is 0 Å². The Kier molecular flexibility index (Phi) is 4.28. The average molecular weight is 261 g/mol. The summed E-state index contributed by atoms with van der Waals surface area (Å²) < 4.78 is 0. The number of carboxylic acid groups (broad SMARTS) is 1. The van der Waals surface area contributed by atoms with Crippen LogP contribution in [0.4, 0.5) is 5.82 Å². The minimum Gasteiger partial charge on any atom is -0.478 e. The van der Waals surface area contributed by atoms with E-state index in [9.17, 15) is 4.79 Å². The molecule has 0 unspecified atom stereocenters. The highest BCUT2D eigenvalue weighted by atomic mass is 35.5. The number of pyridine rings is 1. The maximum atomic E-state index is 10.8. The van der Waals surface area contributed by atoms with E-state index in [1.54, 1.807) is 6.92 Å². The van der Waals surface area contributed by atoms with Crippen LogP contribution >= 0.6 is 11.6 Å². The van der Waals surface area contributed by atoms with E-state index in [1.165, 1.54) is 12.3 Å². The molecule has 0 atom stereocenters. The number of aliphatic hydroxyl groups excluding tert-OH is 2. The van der Waals surface area contributed by atoms with E-state index in [0.29, 0.717) is 0 Å². The first-order valence-electron chi connectivity index (χ1n) is 4.81. The highest BCUT2D eigenvalue weighted by molar-refractivity contribution is 6.35. The summed E-state index contributed by atoms with van der Waals surface area (Å²) in [6.45, 7) is 0.857. The smallest absolute Gasteiger partial charge is 0.337 e. The molecule has 0 aliphatic carbocycles. The van der Waals surface area contributed by atoms with Crippen molar-refractivity contribution in [2.24, 2.45) is 0 Å². The van der Waals surface area contributed by atoms with E-state index in [0.717, 1.165) is 0 Å². The predicted octanol–water partition coefficient (Wildman–Crippen LogP) is 0.588. The van der Waals surface area contributed by atoms with Crippen LogP contribution in [0.15, 0.2) is 12.3 Å². The molecule has 4 N–H and O–H groups in total. The molecule has 6 nitrogen and oxygen atoms in total. The molecular formula is C10H13ClN2O4. The molecule has 0 aromatic carbocycles. The molecule has 0 bridgehead atoms. The van der Waals surface area contributed by atoms with Crippen LogP contribution in [0.3, 0.4) is 0 Å². The largest absolute Gasteiger partial charge is 0.478 e. The molecule has 0 saturated heterocycles. The van der Waals surface area contributed by atoms with E-state index in [4.69, 9.17) is 26.9 Å². The Labute approximate surface area is 103 Å².